The van der Waals surface area contributed by atoms with Crippen LogP contribution in [0.4, 0.5) is 4.79 Å². The smallest absolute Gasteiger partial charge is 0.324 e. The van der Waals surface area contributed by atoms with Crippen molar-refractivity contribution in [2.45, 2.75) is 12.8 Å². The molecular weight excluding hydrogens is 160 g/mol. The first kappa shape index (κ1) is 8.99. The molecule has 0 atom stereocenters. The van der Waals surface area contributed by atoms with Gasteiger partial charge in [-0.2, -0.15) is 0 Å². The summed E-state index contributed by atoms with van der Waals surface area (Å²) < 4.78 is 0. The third-order valence-electron chi connectivity index (χ3n) is 1.78. The average molecular weight is 172 g/mol. The van der Waals surface area contributed by atoms with E-state index in [1.807, 2.05) is 0 Å². The van der Waals surface area contributed by atoms with Crippen molar-refractivity contribution in [3.8, 4) is 0 Å². The number of likely N-dealkylation sites (tertiary alicyclic amines) is 1. The number of rotatable bonds is 1. The normalized spacial score (nSPS) is 16.2. The van der Waals surface area contributed by atoms with Crippen molar-refractivity contribution < 1.29 is 14.7 Å². The van der Waals surface area contributed by atoms with Crippen molar-refractivity contribution in [2.24, 2.45) is 0 Å². The Morgan fingerprint density at radius 1 is 1.33 bits per heavy atom. The Morgan fingerprint density at radius 2 is 1.92 bits per heavy atom. The first-order chi connectivity index (χ1) is 5.74. The molecule has 1 saturated heterocycles. The molecule has 0 bridgehead atoms. The highest BCUT2D eigenvalue weighted by molar-refractivity contribution is 5.94. The fourth-order valence-corrected chi connectivity index (χ4v) is 1.16. The molecule has 1 aliphatic rings. The molecule has 5 nitrogen and oxygen atoms in total. The lowest BCUT2D eigenvalue weighted by molar-refractivity contribution is -0.122. The topological polar surface area (TPSA) is 69.6 Å². The minimum absolute atomic E-state index is 0.397. The summed E-state index contributed by atoms with van der Waals surface area (Å²) in [4.78, 5) is 23.2. The minimum atomic E-state index is -0.646. The van der Waals surface area contributed by atoms with Crippen LogP contribution in [0.15, 0.2) is 0 Å². The highest BCUT2D eigenvalue weighted by atomic mass is 16.3. The summed E-state index contributed by atoms with van der Waals surface area (Å²) in [5.74, 6) is -0.646. The maximum atomic E-state index is 11.1. The summed E-state index contributed by atoms with van der Waals surface area (Å²) in [6, 6.07) is -0.397. The van der Waals surface area contributed by atoms with E-state index in [0.29, 0.717) is 13.1 Å². The van der Waals surface area contributed by atoms with Crippen molar-refractivity contribution in [3.63, 3.8) is 0 Å². The number of nitrogens with zero attached hydrogens (tertiary/aromatic N) is 1. The molecule has 2 N–H and O–H groups in total. The molecule has 0 unspecified atom stereocenters. The van der Waals surface area contributed by atoms with Crippen molar-refractivity contribution in [2.75, 3.05) is 19.7 Å². The van der Waals surface area contributed by atoms with Crippen molar-refractivity contribution in [1.82, 2.24) is 10.2 Å². The van der Waals surface area contributed by atoms with Gasteiger partial charge in [0.25, 0.3) is 5.91 Å². The molecule has 1 heterocycles. The molecule has 68 valence electrons. The van der Waals surface area contributed by atoms with Crippen LogP contribution in [-0.2, 0) is 4.79 Å². The lowest BCUT2D eigenvalue weighted by Gasteiger charge is -2.14. The van der Waals surface area contributed by atoms with Gasteiger partial charge < -0.3 is 10.0 Å². The monoisotopic (exact) mass is 172 g/mol. The van der Waals surface area contributed by atoms with Crippen LogP contribution in [0, 0.1) is 0 Å². The van der Waals surface area contributed by atoms with Crippen LogP contribution in [0.2, 0.25) is 0 Å². The molecule has 0 spiro atoms. The summed E-state index contributed by atoms with van der Waals surface area (Å²) in [5, 5.41) is 10.4. The van der Waals surface area contributed by atoms with E-state index < -0.39 is 18.5 Å². The minimum Gasteiger partial charge on any atom is -0.387 e. The molecule has 1 rings (SSSR count). The van der Waals surface area contributed by atoms with Gasteiger partial charge in [-0.05, 0) is 12.8 Å². The van der Waals surface area contributed by atoms with E-state index >= 15 is 0 Å². The third kappa shape index (κ3) is 2.20. The number of aliphatic hydroxyl groups excluding tert-OH is 1. The van der Waals surface area contributed by atoms with Crippen LogP contribution >= 0.6 is 0 Å². The van der Waals surface area contributed by atoms with E-state index in [1.165, 1.54) is 0 Å². The predicted octanol–water partition coefficient (Wildman–Crippen LogP) is -0.689. The van der Waals surface area contributed by atoms with Crippen molar-refractivity contribution in [3.05, 3.63) is 0 Å². The van der Waals surface area contributed by atoms with Gasteiger partial charge in [0.05, 0.1) is 0 Å². The largest absolute Gasteiger partial charge is 0.387 e. The van der Waals surface area contributed by atoms with Gasteiger partial charge in [-0.1, -0.05) is 0 Å². The second-order valence-corrected chi connectivity index (χ2v) is 2.71. The van der Waals surface area contributed by atoms with E-state index in [2.05, 4.69) is 5.32 Å². The Labute approximate surface area is 70.4 Å². The third-order valence-corrected chi connectivity index (χ3v) is 1.78. The molecule has 5 heteroatoms. The number of nitrogens with one attached hydrogen (secondary N) is 1. The van der Waals surface area contributed by atoms with Crippen LogP contribution in [0.1, 0.15) is 12.8 Å². The fraction of sp³-hybridized carbons (Fsp3) is 0.714. The molecule has 3 amide bonds. The van der Waals surface area contributed by atoms with Gasteiger partial charge in [-0.3, -0.25) is 10.1 Å². The maximum absolute atomic E-state index is 11.1. The van der Waals surface area contributed by atoms with Gasteiger partial charge in [0.1, 0.15) is 6.61 Å². The second kappa shape index (κ2) is 4.06. The molecule has 0 saturated carbocycles. The summed E-state index contributed by atoms with van der Waals surface area (Å²) in [7, 11) is 0. The number of urea groups is 1. The molecular formula is C7H12N2O3. The Hall–Kier alpha value is -1.10. The van der Waals surface area contributed by atoms with Crippen molar-refractivity contribution in [1.29, 1.82) is 0 Å². The average Bonchev–Trinajstić information content (AvgIpc) is 2.56. The standard InChI is InChI=1S/C7H12N2O3/c10-5-6(11)8-7(12)9-3-1-2-4-9/h10H,1-5H2,(H,8,11,12). The van der Waals surface area contributed by atoms with Gasteiger partial charge >= 0.3 is 6.03 Å². The lowest BCUT2D eigenvalue weighted by Crippen LogP contribution is -2.42. The van der Waals surface area contributed by atoms with Crippen LogP contribution in [0.25, 0.3) is 0 Å². The van der Waals surface area contributed by atoms with Gasteiger partial charge in [0.15, 0.2) is 0 Å². The van der Waals surface area contributed by atoms with Crippen LogP contribution in [0.3, 0.4) is 0 Å². The Balaban J connectivity index is 2.32. The molecule has 0 aromatic heterocycles. The van der Waals surface area contributed by atoms with E-state index in [0.717, 1.165) is 12.8 Å². The summed E-state index contributed by atoms with van der Waals surface area (Å²) in [5.41, 5.74) is 0. The van der Waals surface area contributed by atoms with Gasteiger partial charge in [0.2, 0.25) is 0 Å². The molecule has 0 aromatic rings. The fourth-order valence-electron chi connectivity index (χ4n) is 1.16. The number of carbonyl (C=O) groups is 2. The zero-order valence-corrected chi connectivity index (χ0v) is 6.75. The van der Waals surface area contributed by atoms with Gasteiger partial charge in [0, 0.05) is 13.1 Å². The molecule has 0 aromatic carbocycles. The number of hydrogen-bond acceptors (Lipinski definition) is 3. The summed E-state index contributed by atoms with van der Waals surface area (Å²) in [6.07, 6.45) is 1.97. The molecule has 1 fully saturated rings. The number of hydrogen-bond donors (Lipinski definition) is 2. The van der Waals surface area contributed by atoms with Gasteiger partial charge in [-0.15, -0.1) is 0 Å². The van der Waals surface area contributed by atoms with Crippen LogP contribution in [0.5, 0.6) is 0 Å². The zero-order valence-electron chi connectivity index (χ0n) is 6.75. The number of aliphatic hydroxyl groups is 1. The highest BCUT2D eigenvalue weighted by Crippen LogP contribution is 2.06. The number of amides is 3. The summed E-state index contributed by atoms with van der Waals surface area (Å²) >= 11 is 0. The SMILES string of the molecule is O=C(CO)NC(=O)N1CCCC1. The van der Waals surface area contributed by atoms with E-state index in [4.69, 9.17) is 5.11 Å². The first-order valence-electron chi connectivity index (χ1n) is 3.93. The van der Waals surface area contributed by atoms with Crippen molar-refractivity contribution >= 4 is 11.9 Å². The molecule has 0 aliphatic carbocycles. The summed E-state index contributed by atoms with van der Waals surface area (Å²) in [6.45, 7) is 0.759. The number of imide groups is 1. The quantitative estimate of drug-likeness (QED) is 0.550. The maximum Gasteiger partial charge on any atom is 0.324 e. The second-order valence-electron chi connectivity index (χ2n) is 2.71. The zero-order chi connectivity index (χ0) is 8.97. The highest BCUT2D eigenvalue weighted by Gasteiger charge is 2.18. The molecule has 12 heavy (non-hydrogen) atoms. The van der Waals surface area contributed by atoms with E-state index in [1.54, 1.807) is 4.90 Å². The Morgan fingerprint density at radius 3 is 2.42 bits per heavy atom. The number of carbonyl (C=O) groups excluding carboxylic acids is 2. The van der Waals surface area contributed by atoms with Crippen LogP contribution < -0.4 is 5.32 Å². The predicted molar refractivity (Wildman–Crippen MR) is 41.4 cm³/mol. The molecule has 0 radical (unpaired) electrons. The van der Waals surface area contributed by atoms with E-state index in [9.17, 15) is 9.59 Å². The van der Waals surface area contributed by atoms with E-state index in [-0.39, 0.29) is 0 Å². The van der Waals surface area contributed by atoms with Gasteiger partial charge in [-0.25, -0.2) is 4.79 Å². The Kier molecular flexibility index (Phi) is 3.04. The first-order valence-corrected chi connectivity index (χ1v) is 3.93. The lowest BCUT2D eigenvalue weighted by atomic mass is 10.4. The Bertz CT molecular complexity index is 187. The van der Waals surface area contributed by atoms with Crippen LogP contribution in [-0.4, -0.2) is 41.6 Å². The molecule has 1 aliphatic heterocycles.